The first-order valence-electron chi connectivity index (χ1n) is 20.6. The monoisotopic (exact) mass is 800 g/mol. The van der Waals surface area contributed by atoms with Gasteiger partial charge in [-0.2, -0.15) is 0 Å². The van der Waals surface area contributed by atoms with E-state index in [9.17, 15) is 24.1 Å². The number of aliphatic hydroxyl groups is 1. The highest BCUT2D eigenvalue weighted by Crippen LogP contribution is 2.36. The Morgan fingerprint density at radius 3 is 1.93 bits per heavy atom. The lowest BCUT2D eigenvalue weighted by molar-refractivity contribution is -0.161. The predicted octanol–water partition coefficient (Wildman–Crippen LogP) is 10.2. The SMILES string of the molecule is CCCCC/C=C\C/C=C\C/C=C\C/C=C\C/C=C\CCC(=O)OC[C@H](COP(=O)(O)O)OC(=O)CCC/C=C\C[C@H]1C=CC(=O)[C@@H]1/C=C/[C@@H](O)CCCCC. The number of hydrogen-bond donors (Lipinski definition) is 3. The predicted molar refractivity (Wildman–Crippen MR) is 224 cm³/mol. The van der Waals surface area contributed by atoms with Crippen LogP contribution in [0.15, 0.2) is 97.2 Å². The van der Waals surface area contributed by atoms with Crippen LogP contribution in [0, 0.1) is 11.8 Å². The Kier molecular flexibility index (Phi) is 30.5. The summed E-state index contributed by atoms with van der Waals surface area (Å²) < 4.78 is 26.3. The van der Waals surface area contributed by atoms with Crippen molar-refractivity contribution in [2.24, 2.45) is 11.8 Å². The molecule has 4 atom stereocenters. The van der Waals surface area contributed by atoms with E-state index < -0.39 is 45.2 Å². The molecule has 11 heteroatoms. The van der Waals surface area contributed by atoms with Crippen molar-refractivity contribution in [3.63, 3.8) is 0 Å². The Hall–Kier alpha value is -3.40. The van der Waals surface area contributed by atoms with Crippen molar-refractivity contribution < 1.29 is 47.8 Å². The third kappa shape index (κ3) is 29.8. The number of carbonyl (C=O) groups is 3. The van der Waals surface area contributed by atoms with E-state index in [1.807, 2.05) is 36.5 Å². The van der Waals surface area contributed by atoms with Gasteiger partial charge in [0, 0.05) is 18.8 Å². The zero-order chi connectivity index (χ0) is 41.1. The molecule has 1 rings (SSSR count). The lowest BCUT2D eigenvalue weighted by atomic mass is 9.90. The molecular weight excluding hydrogens is 731 g/mol. The first-order valence-corrected chi connectivity index (χ1v) is 22.1. The van der Waals surface area contributed by atoms with Gasteiger partial charge in [-0.25, -0.2) is 4.57 Å². The molecule has 314 valence electrons. The summed E-state index contributed by atoms with van der Waals surface area (Å²) >= 11 is 0. The van der Waals surface area contributed by atoms with E-state index in [4.69, 9.17) is 19.3 Å². The van der Waals surface area contributed by atoms with Crippen molar-refractivity contribution in [2.75, 3.05) is 13.2 Å². The van der Waals surface area contributed by atoms with Gasteiger partial charge in [-0.3, -0.25) is 18.9 Å². The van der Waals surface area contributed by atoms with Gasteiger partial charge in [-0.05, 0) is 82.6 Å². The number of rotatable bonds is 33. The molecule has 0 amide bonds. The third-order valence-electron chi connectivity index (χ3n) is 8.84. The summed E-state index contributed by atoms with van der Waals surface area (Å²) in [6.45, 7) is 3.30. The van der Waals surface area contributed by atoms with Gasteiger partial charge in [0.2, 0.25) is 0 Å². The lowest BCUT2D eigenvalue weighted by Gasteiger charge is -2.18. The maximum atomic E-state index is 12.5. The van der Waals surface area contributed by atoms with Crippen LogP contribution in [0.5, 0.6) is 0 Å². The van der Waals surface area contributed by atoms with Gasteiger partial charge >= 0.3 is 19.8 Å². The number of hydrogen-bond acceptors (Lipinski definition) is 8. The molecule has 0 aromatic carbocycles. The number of allylic oxidation sites excluding steroid dienone is 15. The van der Waals surface area contributed by atoms with Crippen LogP contribution in [-0.4, -0.2) is 58.0 Å². The van der Waals surface area contributed by atoms with E-state index in [0.717, 1.165) is 44.9 Å². The van der Waals surface area contributed by atoms with Gasteiger partial charge in [0.1, 0.15) is 6.61 Å². The Balaban J connectivity index is 2.32. The topological polar surface area (TPSA) is 157 Å². The largest absolute Gasteiger partial charge is 0.469 e. The molecule has 0 heterocycles. The Bertz CT molecular complexity index is 1370. The molecule has 0 aromatic heterocycles. The van der Waals surface area contributed by atoms with Gasteiger partial charge in [0.25, 0.3) is 0 Å². The van der Waals surface area contributed by atoms with Crippen molar-refractivity contribution in [3.8, 4) is 0 Å². The fourth-order valence-electron chi connectivity index (χ4n) is 5.64. The summed E-state index contributed by atoms with van der Waals surface area (Å²) in [5.41, 5.74) is 0. The minimum absolute atomic E-state index is 0.00649. The summed E-state index contributed by atoms with van der Waals surface area (Å²) in [5.74, 6) is -1.41. The lowest BCUT2D eigenvalue weighted by Crippen LogP contribution is -2.29. The molecular formula is C45H69O10P. The summed E-state index contributed by atoms with van der Waals surface area (Å²) in [7, 11) is -4.83. The van der Waals surface area contributed by atoms with E-state index >= 15 is 0 Å². The minimum atomic E-state index is -4.83. The van der Waals surface area contributed by atoms with Crippen LogP contribution in [0.3, 0.4) is 0 Å². The van der Waals surface area contributed by atoms with Crippen molar-refractivity contribution in [1.82, 2.24) is 0 Å². The molecule has 1 aliphatic carbocycles. The molecule has 0 saturated heterocycles. The average Bonchev–Trinajstić information content (AvgIpc) is 3.52. The molecule has 56 heavy (non-hydrogen) atoms. The first kappa shape index (κ1) is 50.6. The van der Waals surface area contributed by atoms with E-state index in [0.29, 0.717) is 32.1 Å². The quantitative estimate of drug-likeness (QED) is 0.0253. The number of phosphoric ester groups is 1. The molecule has 0 unspecified atom stereocenters. The minimum Gasteiger partial charge on any atom is -0.462 e. The van der Waals surface area contributed by atoms with Crippen molar-refractivity contribution >= 4 is 25.5 Å². The number of esters is 2. The molecule has 0 spiro atoms. The second kappa shape index (κ2) is 33.7. The number of aliphatic hydroxyl groups excluding tert-OH is 1. The van der Waals surface area contributed by atoms with Crippen LogP contribution in [0.1, 0.15) is 129 Å². The Morgan fingerprint density at radius 1 is 0.732 bits per heavy atom. The highest BCUT2D eigenvalue weighted by Gasteiger charge is 2.27. The molecule has 0 aromatic rings. The van der Waals surface area contributed by atoms with Crippen LogP contribution in [0.4, 0.5) is 0 Å². The zero-order valence-corrected chi connectivity index (χ0v) is 34.7. The van der Waals surface area contributed by atoms with Crippen molar-refractivity contribution in [1.29, 1.82) is 0 Å². The zero-order valence-electron chi connectivity index (χ0n) is 33.8. The second-order valence-electron chi connectivity index (χ2n) is 13.9. The van der Waals surface area contributed by atoms with Gasteiger partial charge in [0.05, 0.1) is 12.7 Å². The first-order chi connectivity index (χ1) is 27.1. The highest BCUT2D eigenvalue weighted by atomic mass is 31.2. The number of ketones is 1. The van der Waals surface area contributed by atoms with E-state index in [2.05, 4.69) is 67.0 Å². The Morgan fingerprint density at radius 2 is 1.30 bits per heavy atom. The second-order valence-corrected chi connectivity index (χ2v) is 15.2. The number of unbranched alkanes of at least 4 members (excludes halogenated alkanes) is 6. The Labute approximate surface area is 336 Å². The average molecular weight is 801 g/mol. The van der Waals surface area contributed by atoms with Crippen LogP contribution >= 0.6 is 7.82 Å². The van der Waals surface area contributed by atoms with E-state index in [1.54, 1.807) is 12.2 Å². The van der Waals surface area contributed by atoms with Gasteiger partial charge in [-0.1, -0.05) is 137 Å². The summed E-state index contributed by atoms with van der Waals surface area (Å²) in [4.78, 5) is 55.3. The van der Waals surface area contributed by atoms with Crippen LogP contribution < -0.4 is 0 Å². The third-order valence-corrected chi connectivity index (χ3v) is 9.32. The molecule has 0 aliphatic heterocycles. The molecule has 1 aliphatic rings. The normalized spacial score (nSPS) is 17.7. The summed E-state index contributed by atoms with van der Waals surface area (Å²) in [6.07, 6.45) is 44.8. The molecule has 0 radical (unpaired) electrons. The summed E-state index contributed by atoms with van der Waals surface area (Å²) in [5, 5.41) is 10.2. The maximum absolute atomic E-state index is 12.5. The van der Waals surface area contributed by atoms with E-state index in [-0.39, 0.29) is 30.5 Å². The van der Waals surface area contributed by atoms with Crippen molar-refractivity contribution in [2.45, 2.75) is 142 Å². The molecule has 0 fully saturated rings. The fourth-order valence-corrected chi connectivity index (χ4v) is 6.00. The van der Waals surface area contributed by atoms with Gasteiger partial charge in [-0.15, -0.1) is 0 Å². The number of ether oxygens (including phenoxy) is 2. The van der Waals surface area contributed by atoms with Crippen LogP contribution in [0.25, 0.3) is 0 Å². The molecule has 0 saturated carbocycles. The standard InChI is InChI=1S/C45H69O10P/c1-3-5-7-8-9-10-11-12-13-14-15-16-17-18-19-20-21-22-27-31-44(48)53-37-41(38-54-56(50,51)52)55-45(49)32-28-24-23-26-29-39-33-36-43(47)42(39)35-34-40(46)30-25-6-4-2/h9-10,12-13,15-16,18-19,21-23,26,33-36,39-42,46H,3-8,11,14,17,20,24-25,27-32,37-38H2,1-2H3,(H2,50,51,52)/b10-9-,13-12-,16-15-,19-18-,22-21-,26-23-,35-34+/t39-,40-,41+,42+/m0/s1. The van der Waals surface area contributed by atoms with Crippen LogP contribution in [0.2, 0.25) is 0 Å². The molecule has 0 bridgehead atoms. The van der Waals surface area contributed by atoms with E-state index in [1.165, 1.54) is 25.7 Å². The smallest absolute Gasteiger partial charge is 0.462 e. The maximum Gasteiger partial charge on any atom is 0.469 e. The summed E-state index contributed by atoms with van der Waals surface area (Å²) in [6, 6.07) is 0. The van der Waals surface area contributed by atoms with Gasteiger partial charge < -0.3 is 24.4 Å². The van der Waals surface area contributed by atoms with Gasteiger partial charge in [0.15, 0.2) is 11.9 Å². The highest BCUT2D eigenvalue weighted by molar-refractivity contribution is 7.46. The number of carbonyl (C=O) groups excluding carboxylic acids is 3. The van der Waals surface area contributed by atoms with Crippen molar-refractivity contribution in [3.05, 3.63) is 97.2 Å². The number of phosphoric acid groups is 1. The molecule has 3 N–H and O–H groups in total. The molecule has 10 nitrogen and oxygen atoms in total. The fraction of sp³-hybridized carbons (Fsp3) is 0.578. The van der Waals surface area contributed by atoms with Crippen LogP contribution in [-0.2, 0) is 32.9 Å².